The van der Waals surface area contributed by atoms with Crippen LogP contribution >= 0.6 is 15.5 Å². The van der Waals surface area contributed by atoms with E-state index in [1.807, 2.05) is 0 Å². The lowest BCUT2D eigenvalue weighted by Gasteiger charge is -2.20. The van der Waals surface area contributed by atoms with Gasteiger partial charge in [-0.25, -0.2) is 0 Å². The number of Topliss-reactive ketones (excluding diaryl/α,β-unsaturated/α-hetero) is 1. The van der Waals surface area contributed by atoms with Gasteiger partial charge in [-0.05, 0) is 25.9 Å². The second-order valence-corrected chi connectivity index (χ2v) is 7.87. The lowest BCUT2D eigenvalue weighted by molar-refractivity contribution is -0.118. The highest BCUT2D eigenvalue weighted by molar-refractivity contribution is 7.76. The molecule has 8 nitrogen and oxygen atoms in total. The van der Waals surface area contributed by atoms with E-state index in [0.717, 1.165) is 12.8 Å². The fraction of sp³-hybridized carbons (Fsp3) is 0.857. The van der Waals surface area contributed by atoms with Crippen LogP contribution < -0.4 is 0 Å². The van der Waals surface area contributed by atoms with Gasteiger partial charge in [0.15, 0.2) is 0 Å². The first-order chi connectivity index (χ1) is 7.62. The Bertz CT molecular complexity index is 330. The van der Waals surface area contributed by atoms with Gasteiger partial charge in [0.05, 0.1) is 6.54 Å². The Morgan fingerprint density at radius 1 is 1.24 bits per heavy atom. The van der Waals surface area contributed by atoms with Crippen LogP contribution in [-0.4, -0.2) is 60.2 Å². The van der Waals surface area contributed by atoms with Crippen molar-refractivity contribution in [1.29, 1.82) is 0 Å². The molecular formula is C7H16NO7P2+. The van der Waals surface area contributed by atoms with E-state index in [1.165, 1.54) is 0 Å². The lowest BCUT2D eigenvalue weighted by Crippen LogP contribution is -2.35. The maximum absolute atomic E-state index is 11.6. The third kappa shape index (κ3) is 4.35. The summed E-state index contributed by atoms with van der Waals surface area (Å²) in [6, 6.07) is 0. The number of carbonyl (C=O) groups is 1. The van der Waals surface area contributed by atoms with Gasteiger partial charge in [0.25, 0.3) is 0 Å². The van der Waals surface area contributed by atoms with E-state index in [9.17, 15) is 9.36 Å². The van der Waals surface area contributed by atoms with Crippen molar-refractivity contribution in [3.63, 3.8) is 0 Å². The van der Waals surface area contributed by atoms with Crippen LogP contribution in [0.1, 0.15) is 12.8 Å². The number of hydrogen-bond acceptors (Lipinski definition) is 6. The molecule has 1 atom stereocenters. The molecule has 1 fully saturated rings. The van der Waals surface area contributed by atoms with Gasteiger partial charge in [0.2, 0.25) is 5.78 Å². The van der Waals surface area contributed by atoms with E-state index >= 15 is 0 Å². The molecule has 0 saturated carbocycles. The summed E-state index contributed by atoms with van der Waals surface area (Å²) in [5, 5.41) is -2.42. The fourth-order valence-electron chi connectivity index (χ4n) is 1.83. The monoisotopic (exact) mass is 288 g/mol. The zero-order valence-electron chi connectivity index (χ0n) is 9.01. The van der Waals surface area contributed by atoms with Crippen LogP contribution in [0.3, 0.4) is 0 Å². The Morgan fingerprint density at radius 3 is 2.06 bits per heavy atom. The standard InChI is InChI=1S/C7H15NO7P2/c9-6(5-8-3-1-2-4-8)7(16(10,11)12)17(13,14)15/h7,10-12H,1-5H2,(H-,13,14,15)/p+1. The SMILES string of the molecule is O=C(CN1CCCC1)C(P(=O)(O)O)[P+](O)(O)O. The second kappa shape index (κ2) is 5.38. The molecule has 100 valence electrons. The van der Waals surface area contributed by atoms with E-state index in [-0.39, 0.29) is 6.54 Å². The highest BCUT2D eigenvalue weighted by Gasteiger charge is 2.59. The maximum Gasteiger partial charge on any atom is 0.427 e. The summed E-state index contributed by atoms with van der Waals surface area (Å²) >= 11 is 0. The van der Waals surface area contributed by atoms with Crippen LogP contribution in [0.2, 0.25) is 0 Å². The first kappa shape index (κ1) is 15.1. The molecule has 10 heteroatoms. The van der Waals surface area contributed by atoms with Crippen LogP contribution in [-0.2, 0) is 9.36 Å². The molecule has 0 spiro atoms. The predicted octanol–water partition coefficient (Wildman–Crippen LogP) is -1.11. The van der Waals surface area contributed by atoms with E-state index in [0.29, 0.717) is 13.1 Å². The molecule has 0 radical (unpaired) electrons. The summed E-state index contributed by atoms with van der Waals surface area (Å²) in [5.74, 6) is -1.04. The number of nitrogens with zero attached hydrogens (tertiary/aromatic N) is 1. The van der Waals surface area contributed by atoms with Crippen molar-refractivity contribution in [2.75, 3.05) is 19.6 Å². The van der Waals surface area contributed by atoms with Crippen LogP contribution in [0.25, 0.3) is 0 Å². The normalized spacial score (nSPS) is 20.5. The first-order valence-electron chi connectivity index (χ1n) is 4.99. The Labute approximate surface area is 98.6 Å². The molecule has 1 aliphatic heterocycles. The Hall–Kier alpha value is 0.0900. The van der Waals surface area contributed by atoms with E-state index in [4.69, 9.17) is 24.5 Å². The van der Waals surface area contributed by atoms with Gasteiger partial charge in [-0.2, -0.15) is 14.7 Å². The quantitative estimate of drug-likeness (QED) is 0.401. The molecular weight excluding hydrogens is 272 g/mol. The zero-order chi connectivity index (χ0) is 13.3. The van der Waals surface area contributed by atoms with Crippen LogP contribution in [0.4, 0.5) is 0 Å². The number of likely N-dealkylation sites (tertiary alicyclic amines) is 1. The lowest BCUT2D eigenvalue weighted by atomic mass is 10.4. The third-order valence-electron chi connectivity index (χ3n) is 2.51. The van der Waals surface area contributed by atoms with Crippen molar-refractivity contribution in [2.24, 2.45) is 0 Å². The topological polar surface area (TPSA) is 139 Å². The van der Waals surface area contributed by atoms with Crippen LogP contribution in [0, 0.1) is 0 Å². The van der Waals surface area contributed by atoms with Crippen molar-refractivity contribution in [1.82, 2.24) is 4.90 Å². The van der Waals surface area contributed by atoms with Gasteiger partial charge in [0, 0.05) is 0 Å². The van der Waals surface area contributed by atoms with Gasteiger partial charge in [-0.15, -0.1) is 0 Å². The van der Waals surface area contributed by atoms with E-state index in [1.54, 1.807) is 4.90 Å². The van der Waals surface area contributed by atoms with Crippen molar-refractivity contribution in [2.45, 2.75) is 18.2 Å². The minimum atomic E-state index is -5.09. The van der Waals surface area contributed by atoms with Crippen molar-refractivity contribution in [3.8, 4) is 0 Å². The van der Waals surface area contributed by atoms with Crippen molar-refractivity contribution >= 4 is 21.3 Å². The number of ketones is 1. The molecule has 0 aromatic heterocycles. The smallest absolute Gasteiger partial charge is 0.321 e. The Kier molecular flexibility index (Phi) is 4.80. The maximum atomic E-state index is 11.6. The summed E-state index contributed by atoms with van der Waals surface area (Å²) < 4.78 is 11.0. The molecule has 0 aromatic carbocycles. The average Bonchev–Trinajstić information content (AvgIpc) is 2.49. The zero-order valence-corrected chi connectivity index (χ0v) is 10.8. The molecule has 0 aromatic rings. The van der Waals surface area contributed by atoms with Gasteiger partial charge < -0.3 is 9.79 Å². The van der Waals surface area contributed by atoms with Gasteiger partial charge in [0.1, 0.15) is 0 Å². The Morgan fingerprint density at radius 2 is 1.71 bits per heavy atom. The molecule has 1 aliphatic rings. The van der Waals surface area contributed by atoms with Crippen molar-refractivity contribution in [3.05, 3.63) is 0 Å². The van der Waals surface area contributed by atoms with Gasteiger partial charge >= 0.3 is 20.9 Å². The summed E-state index contributed by atoms with van der Waals surface area (Å²) in [6.07, 6.45) is 1.76. The highest BCUT2D eigenvalue weighted by Crippen LogP contribution is 2.65. The highest BCUT2D eigenvalue weighted by atomic mass is 31.3. The molecule has 17 heavy (non-hydrogen) atoms. The number of carbonyl (C=O) groups excluding carboxylic acids is 1. The minimum Gasteiger partial charge on any atom is -0.321 e. The van der Waals surface area contributed by atoms with Crippen LogP contribution in [0.5, 0.6) is 0 Å². The Balaban J connectivity index is 2.77. The fourth-order valence-corrected chi connectivity index (χ4v) is 4.36. The van der Waals surface area contributed by atoms with Gasteiger partial charge in [-0.3, -0.25) is 14.3 Å². The largest absolute Gasteiger partial charge is 0.427 e. The van der Waals surface area contributed by atoms with Crippen molar-refractivity contribution < 1.29 is 33.8 Å². The first-order valence-corrected chi connectivity index (χ1v) is 8.39. The third-order valence-corrected chi connectivity index (χ3v) is 6.21. The molecule has 1 heterocycles. The summed E-state index contributed by atoms with van der Waals surface area (Å²) in [6.45, 7) is 0.944. The molecule has 1 unspecified atom stereocenters. The molecule has 1 saturated heterocycles. The summed E-state index contributed by atoms with van der Waals surface area (Å²) in [4.78, 5) is 57.9. The number of rotatable bonds is 5. The molecule has 0 bridgehead atoms. The van der Waals surface area contributed by atoms with E-state index < -0.39 is 26.7 Å². The predicted molar refractivity (Wildman–Crippen MR) is 60.1 cm³/mol. The van der Waals surface area contributed by atoms with Crippen LogP contribution in [0.15, 0.2) is 0 Å². The summed E-state index contributed by atoms with van der Waals surface area (Å²) in [7, 11) is -9.99. The molecule has 0 aliphatic carbocycles. The molecule has 1 rings (SSSR count). The summed E-state index contributed by atoms with van der Waals surface area (Å²) in [5.41, 5.74) is 0. The molecule has 5 N–H and O–H groups in total. The minimum absolute atomic E-state index is 0.292. The van der Waals surface area contributed by atoms with E-state index in [2.05, 4.69) is 0 Å². The molecule has 0 amide bonds. The second-order valence-electron chi connectivity index (χ2n) is 4.03. The number of hydrogen-bond donors (Lipinski definition) is 5. The van der Waals surface area contributed by atoms with Gasteiger partial charge in [-0.1, -0.05) is 0 Å². The average molecular weight is 288 g/mol.